The monoisotopic (exact) mass is 267 g/mol. The van der Waals surface area contributed by atoms with Crippen LogP contribution in [0.5, 0.6) is 0 Å². The number of aromatic nitrogens is 1. The first-order valence-electron chi connectivity index (χ1n) is 6.15. The molecular weight excluding hydrogens is 254 g/mol. The smallest absolute Gasteiger partial charge is 0.169 e. The highest BCUT2D eigenvalue weighted by molar-refractivity contribution is 7.08. The van der Waals surface area contributed by atoms with Crippen molar-refractivity contribution < 1.29 is 4.79 Å². The maximum Gasteiger partial charge on any atom is 0.169 e. The summed E-state index contributed by atoms with van der Waals surface area (Å²) in [5.74, 6) is 0.140. The van der Waals surface area contributed by atoms with Crippen LogP contribution in [0.2, 0.25) is 0 Å². The molecule has 94 valence electrons. The molecule has 0 N–H and O–H groups in total. The van der Waals surface area contributed by atoms with Crippen molar-refractivity contribution >= 4 is 28.0 Å². The molecule has 3 heteroatoms. The predicted octanol–water partition coefficient (Wildman–Crippen LogP) is 4.03. The first-order valence-corrected chi connectivity index (χ1v) is 7.09. The summed E-state index contributed by atoms with van der Waals surface area (Å²) < 4.78 is 0. The van der Waals surface area contributed by atoms with Crippen molar-refractivity contribution in [1.82, 2.24) is 4.98 Å². The molecular formula is C16H13NOS. The lowest BCUT2D eigenvalue weighted by Crippen LogP contribution is -2.05. The number of pyridine rings is 1. The zero-order valence-corrected chi connectivity index (χ0v) is 11.4. The van der Waals surface area contributed by atoms with Crippen LogP contribution < -0.4 is 0 Å². The normalized spacial score (nSPS) is 10.8. The van der Waals surface area contributed by atoms with Gasteiger partial charge in [-0.2, -0.15) is 11.3 Å². The molecule has 3 aromatic rings. The molecule has 0 saturated heterocycles. The van der Waals surface area contributed by atoms with Gasteiger partial charge in [-0.05, 0) is 30.0 Å². The van der Waals surface area contributed by atoms with Crippen LogP contribution in [-0.4, -0.2) is 10.8 Å². The Morgan fingerprint density at radius 1 is 1.16 bits per heavy atom. The van der Waals surface area contributed by atoms with Crippen LogP contribution in [0.3, 0.4) is 0 Å². The Morgan fingerprint density at radius 3 is 2.79 bits per heavy atom. The number of hydrogen-bond acceptors (Lipinski definition) is 3. The number of rotatable bonds is 3. The summed E-state index contributed by atoms with van der Waals surface area (Å²) in [5, 5.41) is 5.02. The van der Waals surface area contributed by atoms with Crippen LogP contribution in [0, 0.1) is 6.92 Å². The number of benzene rings is 1. The molecule has 2 aromatic heterocycles. The lowest BCUT2D eigenvalue weighted by molar-refractivity contribution is 0.0992. The fraction of sp³-hybridized carbons (Fsp3) is 0.125. The van der Waals surface area contributed by atoms with Gasteiger partial charge in [0.2, 0.25) is 0 Å². The van der Waals surface area contributed by atoms with Crippen molar-refractivity contribution in [3.8, 4) is 0 Å². The second-order valence-corrected chi connectivity index (χ2v) is 5.31. The highest BCUT2D eigenvalue weighted by atomic mass is 32.1. The molecule has 19 heavy (non-hydrogen) atoms. The molecule has 0 aliphatic carbocycles. The Hall–Kier alpha value is -2.00. The summed E-state index contributed by atoms with van der Waals surface area (Å²) in [6.45, 7) is 1.97. The molecule has 1 aromatic carbocycles. The number of Topliss-reactive ketones (excluding diaryl/α,β-unsaturated/α-hetero) is 1. The molecule has 0 aliphatic heterocycles. The molecule has 0 unspecified atom stereocenters. The van der Waals surface area contributed by atoms with E-state index in [2.05, 4.69) is 4.98 Å². The van der Waals surface area contributed by atoms with Crippen molar-refractivity contribution in [2.45, 2.75) is 13.3 Å². The molecule has 0 radical (unpaired) electrons. The average molecular weight is 267 g/mol. The van der Waals surface area contributed by atoms with Crippen LogP contribution in [0.15, 0.2) is 47.2 Å². The fourth-order valence-electron chi connectivity index (χ4n) is 2.11. The van der Waals surface area contributed by atoms with E-state index in [4.69, 9.17) is 0 Å². The van der Waals surface area contributed by atoms with Gasteiger partial charge in [0.1, 0.15) is 0 Å². The first-order chi connectivity index (χ1) is 9.24. The quantitative estimate of drug-likeness (QED) is 0.671. The minimum atomic E-state index is 0.140. The van der Waals surface area contributed by atoms with E-state index >= 15 is 0 Å². The van der Waals surface area contributed by atoms with Gasteiger partial charge in [-0.25, -0.2) is 0 Å². The summed E-state index contributed by atoms with van der Waals surface area (Å²) in [4.78, 5) is 16.7. The summed E-state index contributed by atoms with van der Waals surface area (Å²) in [6, 6.07) is 11.9. The second kappa shape index (κ2) is 4.94. The molecule has 0 spiro atoms. The second-order valence-electron chi connectivity index (χ2n) is 4.56. The zero-order valence-electron chi connectivity index (χ0n) is 10.6. The van der Waals surface area contributed by atoms with Gasteiger partial charge >= 0.3 is 0 Å². The minimum Gasteiger partial charge on any atom is -0.294 e. The Morgan fingerprint density at radius 2 is 2.00 bits per heavy atom. The van der Waals surface area contributed by atoms with Crippen molar-refractivity contribution in [3.63, 3.8) is 0 Å². The minimum absolute atomic E-state index is 0.140. The van der Waals surface area contributed by atoms with Gasteiger partial charge < -0.3 is 0 Å². The van der Waals surface area contributed by atoms with Crippen LogP contribution in [0.4, 0.5) is 0 Å². The van der Waals surface area contributed by atoms with E-state index in [1.807, 2.05) is 54.1 Å². The summed E-state index contributed by atoms with van der Waals surface area (Å²) in [7, 11) is 0. The Kier molecular flexibility index (Phi) is 3.13. The van der Waals surface area contributed by atoms with Crippen molar-refractivity contribution in [2.75, 3.05) is 0 Å². The SMILES string of the molecule is Cc1cscc1C(=O)Cc1ccc2ccccc2n1. The van der Waals surface area contributed by atoms with Gasteiger partial charge in [0.15, 0.2) is 5.78 Å². The van der Waals surface area contributed by atoms with Gasteiger partial charge in [-0.3, -0.25) is 9.78 Å². The lowest BCUT2D eigenvalue weighted by Gasteiger charge is -2.02. The summed E-state index contributed by atoms with van der Waals surface area (Å²) in [5.41, 5.74) is 3.64. The molecule has 2 heterocycles. The van der Waals surface area contributed by atoms with E-state index in [9.17, 15) is 4.79 Å². The summed E-state index contributed by atoms with van der Waals surface area (Å²) >= 11 is 1.57. The maximum absolute atomic E-state index is 12.2. The standard InChI is InChI=1S/C16H13NOS/c1-11-9-19-10-14(11)16(18)8-13-7-6-12-4-2-3-5-15(12)17-13/h2-7,9-10H,8H2,1H3. The number of aryl methyl sites for hydroxylation is 1. The number of carbonyl (C=O) groups excluding carboxylic acids is 1. The number of hydrogen-bond donors (Lipinski definition) is 0. The molecule has 0 fully saturated rings. The molecule has 2 nitrogen and oxygen atoms in total. The Bertz CT molecular complexity index is 745. The summed E-state index contributed by atoms with van der Waals surface area (Å²) in [6.07, 6.45) is 0.363. The number of para-hydroxylation sites is 1. The van der Waals surface area contributed by atoms with Crippen LogP contribution >= 0.6 is 11.3 Å². The van der Waals surface area contributed by atoms with E-state index < -0.39 is 0 Å². The molecule has 0 bridgehead atoms. The van der Waals surface area contributed by atoms with Crippen molar-refractivity contribution in [2.24, 2.45) is 0 Å². The zero-order chi connectivity index (χ0) is 13.2. The van der Waals surface area contributed by atoms with E-state index in [-0.39, 0.29) is 5.78 Å². The molecule has 3 rings (SSSR count). The number of carbonyl (C=O) groups is 1. The number of nitrogens with zero attached hydrogens (tertiary/aromatic N) is 1. The van der Waals surface area contributed by atoms with E-state index in [0.29, 0.717) is 6.42 Å². The van der Waals surface area contributed by atoms with Crippen LogP contribution in [0.1, 0.15) is 21.6 Å². The van der Waals surface area contributed by atoms with Crippen molar-refractivity contribution in [1.29, 1.82) is 0 Å². The lowest BCUT2D eigenvalue weighted by atomic mass is 10.1. The van der Waals surface area contributed by atoms with Crippen molar-refractivity contribution in [3.05, 3.63) is 64.0 Å². The third-order valence-corrected chi connectivity index (χ3v) is 4.02. The third-order valence-electron chi connectivity index (χ3n) is 3.15. The fourth-order valence-corrected chi connectivity index (χ4v) is 2.97. The topological polar surface area (TPSA) is 30.0 Å². The molecule has 0 saturated carbocycles. The largest absolute Gasteiger partial charge is 0.294 e. The highest BCUT2D eigenvalue weighted by Crippen LogP contribution is 2.17. The number of ketones is 1. The van der Waals surface area contributed by atoms with Gasteiger partial charge in [0, 0.05) is 22.0 Å². The van der Waals surface area contributed by atoms with Gasteiger partial charge in [-0.1, -0.05) is 24.3 Å². The maximum atomic E-state index is 12.2. The molecule has 0 amide bonds. The van der Waals surface area contributed by atoms with Gasteiger partial charge in [0.25, 0.3) is 0 Å². The number of thiophene rings is 1. The van der Waals surface area contributed by atoms with Gasteiger partial charge in [0.05, 0.1) is 11.9 Å². The van der Waals surface area contributed by atoms with E-state index in [0.717, 1.165) is 27.7 Å². The van der Waals surface area contributed by atoms with E-state index in [1.54, 1.807) is 11.3 Å². The molecule has 0 atom stereocenters. The van der Waals surface area contributed by atoms with E-state index in [1.165, 1.54) is 0 Å². The number of fused-ring (bicyclic) bond motifs is 1. The Labute approximate surface area is 115 Å². The first kappa shape index (κ1) is 12.1. The average Bonchev–Trinajstić information content (AvgIpc) is 2.85. The predicted molar refractivity (Wildman–Crippen MR) is 78.8 cm³/mol. The highest BCUT2D eigenvalue weighted by Gasteiger charge is 2.11. The Balaban J connectivity index is 1.89. The van der Waals surface area contributed by atoms with Gasteiger partial charge in [-0.15, -0.1) is 0 Å². The van der Waals surface area contributed by atoms with Crippen LogP contribution in [-0.2, 0) is 6.42 Å². The third kappa shape index (κ3) is 2.42. The molecule has 0 aliphatic rings. The van der Waals surface area contributed by atoms with Crippen LogP contribution in [0.25, 0.3) is 10.9 Å².